The Balaban J connectivity index is 1.42. The molecule has 0 aromatic heterocycles. The van der Waals surface area contributed by atoms with Crippen molar-refractivity contribution in [3.63, 3.8) is 0 Å². The first-order valence-corrected chi connectivity index (χ1v) is 9.37. The summed E-state index contributed by atoms with van der Waals surface area (Å²) in [5.74, 6) is -1.79. The van der Waals surface area contributed by atoms with Gasteiger partial charge in [0.05, 0.1) is 6.42 Å². The second kappa shape index (κ2) is 9.26. The van der Waals surface area contributed by atoms with E-state index >= 15 is 0 Å². The number of esters is 1. The van der Waals surface area contributed by atoms with Crippen LogP contribution in [0.15, 0.2) is 42.5 Å². The summed E-state index contributed by atoms with van der Waals surface area (Å²) in [5, 5.41) is 2.43. The summed E-state index contributed by atoms with van der Waals surface area (Å²) in [6, 6.07) is 11.1. The summed E-state index contributed by atoms with van der Waals surface area (Å²) in [6.07, 6.45) is 4.28. The van der Waals surface area contributed by atoms with Gasteiger partial charge in [-0.25, -0.2) is 4.39 Å². The van der Waals surface area contributed by atoms with E-state index in [1.807, 2.05) is 18.2 Å². The highest BCUT2D eigenvalue weighted by molar-refractivity contribution is 5.98. The molecule has 6 heteroatoms. The van der Waals surface area contributed by atoms with Gasteiger partial charge in [-0.2, -0.15) is 0 Å². The zero-order valence-corrected chi connectivity index (χ0v) is 15.5. The van der Waals surface area contributed by atoms with Crippen molar-refractivity contribution in [1.82, 2.24) is 0 Å². The Morgan fingerprint density at radius 3 is 2.54 bits per heavy atom. The number of ether oxygens (including phenoxy) is 1. The smallest absolute Gasteiger partial charge is 0.306 e. The minimum Gasteiger partial charge on any atom is -0.456 e. The number of Topliss-reactive ketones (excluding diaryl/α,β-unsaturated/α-hetero) is 1. The highest BCUT2D eigenvalue weighted by Crippen LogP contribution is 2.23. The SMILES string of the molecule is O=C(COC(=O)CCC(=O)c1ccc2c(c1)CCCC2)Nc1cccc(F)c1. The summed E-state index contributed by atoms with van der Waals surface area (Å²) >= 11 is 0. The molecule has 1 amide bonds. The van der Waals surface area contributed by atoms with Crippen molar-refractivity contribution in [1.29, 1.82) is 0 Å². The number of rotatable bonds is 7. The normalized spacial score (nSPS) is 12.8. The third-order valence-corrected chi connectivity index (χ3v) is 4.70. The molecule has 3 rings (SSSR count). The first-order valence-electron chi connectivity index (χ1n) is 9.37. The van der Waals surface area contributed by atoms with Gasteiger partial charge in [0.15, 0.2) is 12.4 Å². The summed E-state index contributed by atoms with van der Waals surface area (Å²) in [4.78, 5) is 35.9. The Kier molecular flexibility index (Phi) is 6.53. The number of hydrogen-bond donors (Lipinski definition) is 1. The van der Waals surface area contributed by atoms with E-state index in [9.17, 15) is 18.8 Å². The van der Waals surface area contributed by atoms with Crippen molar-refractivity contribution < 1.29 is 23.5 Å². The van der Waals surface area contributed by atoms with Crippen LogP contribution in [-0.4, -0.2) is 24.3 Å². The van der Waals surface area contributed by atoms with Crippen LogP contribution in [0, 0.1) is 5.82 Å². The van der Waals surface area contributed by atoms with Crippen LogP contribution in [0.3, 0.4) is 0 Å². The molecule has 1 aliphatic carbocycles. The van der Waals surface area contributed by atoms with Gasteiger partial charge in [0, 0.05) is 17.7 Å². The van der Waals surface area contributed by atoms with Gasteiger partial charge in [0.1, 0.15) is 5.82 Å². The van der Waals surface area contributed by atoms with Crippen molar-refractivity contribution in [2.45, 2.75) is 38.5 Å². The molecular formula is C22H22FNO4. The van der Waals surface area contributed by atoms with E-state index < -0.39 is 24.3 Å². The zero-order chi connectivity index (χ0) is 19.9. The van der Waals surface area contributed by atoms with Gasteiger partial charge in [-0.3, -0.25) is 14.4 Å². The number of amides is 1. The van der Waals surface area contributed by atoms with Crippen molar-refractivity contribution in [2.24, 2.45) is 0 Å². The lowest BCUT2D eigenvalue weighted by molar-refractivity contribution is -0.147. The summed E-state index contributed by atoms with van der Waals surface area (Å²) in [7, 11) is 0. The number of aryl methyl sites for hydroxylation is 2. The van der Waals surface area contributed by atoms with Crippen LogP contribution in [0.25, 0.3) is 0 Å². The van der Waals surface area contributed by atoms with E-state index in [1.54, 1.807) is 0 Å². The molecule has 2 aromatic carbocycles. The van der Waals surface area contributed by atoms with Crippen LogP contribution < -0.4 is 5.32 Å². The van der Waals surface area contributed by atoms with Crippen LogP contribution in [0.4, 0.5) is 10.1 Å². The molecule has 0 unspecified atom stereocenters. The van der Waals surface area contributed by atoms with Gasteiger partial charge < -0.3 is 10.1 Å². The van der Waals surface area contributed by atoms with Gasteiger partial charge >= 0.3 is 5.97 Å². The minimum atomic E-state index is -0.624. The first kappa shape index (κ1) is 19.7. The summed E-state index contributed by atoms with van der Waals surface area (Å²) in [6.45, 7) is -0.484. The number of fused-ring (bicyclic) bond motifs is 1. The van der Waals surface area contributed by atoms with Gasteiger partial charge in [-0.1, -0.05) is 18.2 Å². The molecule has 0 saturated heterocycles. The predicted octanol–water partition coefficient (Wildman–Crippen LogP) is 3.85. The first-order chi connectivity index (χ1) is 13.5. The molecule has 0 radical (unpaired) electrons. The largest absolute Gasteiger partial charge is 0.456 e. The van der Waals surface area contributed by atoms with Crippen molar-refractivity contribution in [3.8, 4) is 0 Å². The second-order valence-corrected chi connectivity index (χ2v) is 6.83. The fourth-order valence-corrected chi connectivity index (χ4v) is 3.25. The molecule has 146 valence electrons. The average molecular weight is 383 g/mol. The Morgan fingerprint density at radius 1 is 0.964 bits per heavy atom. The highest BCUT2D eigenvalue weighted by atomic mass is 19.1. The number of halogens is 1. The van der Waals surface area contributed by atoms with E-state index in [2.05, 4.69) is 5.32 Å². The molecule has 1 N–H and O–H groups in total. The number of benzene rings is 2. The van der Waals surface area contributed by atoms with Crippen LogP contribution >= 0.6 is 0 Å². The Bertz CT molecular complexity index is 894. The molecule has 0 bridgehead atoms. The fraction of sp³-hybridized carbons (Fsp3) is 0.318. The predicted molar refractivity (Wildman–Crippen MR) is 103 cm³/mol. The average Bonchev–Trinajstić information content (AvgIpc) is 2.70. The molecule has 1 aliphatic rings. The Labute approximate surface area is 162 Å². The molecule has 0 atom stereocenters. The van der Waals surface area contributed by atoms with Crippen LogP contribution in [0.1, 0.15) is 47.2 Å². The minimum absolute atomic E-state index is 0.0309. The van der Waals surface area contributed by atoms with Crippen LogP contribution in [0.5, 0.6) is 0 Å². The number of ketones is 1. The topological polar surface area (TPSA) is 72.5 Å². The molecule has 0 heterocycles. The zero-order valence-electron chi connectivity index (χ0n) is 15.5. The number of nitrogens with one attached hydrogen (secondary N) is 1. The monoisotopic (exact) mass is 383 g/mol. The van der Waals surface area contributed by atoms with Crippen molar-refractivity contribution in [3.05, 3.63) is 65.0 Å². The van der Waals surface area contributed by atoms with Gasteiger partial charge in [0.2, 0.25) is 0 Å². The molecular weight excluding hydrogens is 361 g/mol. The summed E-state index contributed by atoms with van der Waals surface area (Å²) in [5.41, 5.74) is 3.40. The van der Waals surface area contributed by atoms with E-state index in [1.165, 1.54) is 35.7 Å². The quantitative estimate of drug-likeness (QED) is 0.582. The van der Waals surface area contributed by atoms with Crippen molar-refractivity contribution in [2.75, 3.05) is 11.9 Å². The van der Waals surface area contributed by atoms with E-state index in [4.69, 9.17) is 4.74 Å². The lowest BCUT2D eigenvalue weighted by atomic mass is 9.89. The Morgan fingerprint density at radius 2 is 1.75 bits per heavy atom. The van der Waals surface area contributed by atoms with E-state index in [0.29, 0.717) is 5.56 Å². The van der Waals surface area contributed by atoms with Crippen LogP contribution in [-0.2, 0) is 27.2 Å². The number of anilines is 1. The molecule has 0 aliphatic heterocycles. The number of hydrogen-bond acceptors (Lipinski definition) is 4. The Hall–Kier alpha value is -3.02. The molecule has 2 aromatic rings. The van der Waals surface area contributed by atoms with Gasteiger partial charge in [0.25, 0.3) is 5.91 Å². The molecule has 5 nitrogen and oxygen atoms in total. The maximum absolute atomic E-state index is 13.1. The van der Waals surface area contributed by atoms with Crippen molar-refractivity contribution >= 4 is 23.3 Å². The molecule has 0 spiro atoms. The second-order valence-electron chi connectivity index (χ2n) is 6.83. The van der Waals surface area contributed by atoms with Gasteiger partial charge in [-0.15, -0.1) is 0 Å². The van der Waals surface area contributed by atoms with Crippen LogP contribution in [0.2, 0.25) is 0 Å². The lowest BCUT2D eigenvalue weighted by Gasteiger charge is -2.16. The number of carbonyl (C=O) groups is 3. The summed E-state index contributed by atoms with van der Waals surface area (Å²) < 4.78 is 18.0. The highest BCUT2D eigenvalue weighted by Gasteiger charge is 2.15. The maximum Gasteiger partial charge on any atom is 0.306 e. The third kappa shape index (κ3) is 5.49. The fourth-order valence-electron chi connectivity index (χ4n) is 3.25. The lowest BCUT2D eigenvalue weighted by Crippen LogP contribution is -2.21. The van der Waals surface area contributed by atoms with E-state index in [-0.39, 0.29) is 24.3 Å². The standard InChI is InChI=1S/C22H22FNO4/c23-18-6-3-7-19(13-18)24-21(26)14-28-22(27)11-10-20(25)17-9-8-15-4-1-2-5-16(15)12-17/h3,6-9,12-13H,1-2,4-5,10-11,14H2,(H,24,26). The third-order valence-electron chi connectivity index (χ3n) is 4.70. The molecule has 0 fully saturated rings. The van der Waals surface area contributed by atoms with E-state index in [0.717, 1.165) is 25.3 Å². The maximum atomic E-state index is 13.1. The number of carbonyl (C=O) groups excluding carboxylic acids is 3. The van der Waals surface area contributed by atoms with Gasteiger partial charge in [-0.05, 0) is 61.1 Å². The molecule has 0 saturated carbocycles. The molecule has 28 heavy (non-hydrogen) atoms.